The highest BCUT2D eigenvalue weighted by molar-refractivity contribution is 5.99. The van der Waals surface area contributed by atoms with Crippen molar-refractivity contribution in [1.29, 1.82) is 0 Å². The van der Waals surface area contributed by atoms with Gasteiger partial charge in [0.2, 0.25) is 0 Å². The molecule has 0 unspecified atom stereocenters. The molecule has 0 radical (unpaired) electrons. The molecule has 1 amide bonds. The number of benzene rings is 2. The van der Waals surface area contributed by atoms with E-state index < -0.39 is 0 Å². The predicted molar refractivity (Wildman–Crippen MR) is 103 cm³/mol. The molecule has 25 heavy (non-hydrogen) atoms. The second-order valence-electron chi connectivity index (χ2n) is 6.65. The summed E-state index contributed by atoms with van der Waals surface area (Å²) in [5.41, 5.74) is 9.00. The highest BCUT2D eigenvalue weighted by atomic mass is 16.2. The van der Waals surface area contributed by atoms with Gasteiger partial charge in [-0.15, -0.1) is 0 Å². The Bertz CT molecular complexity index is 693. The number of amides is 1. The number of para-hydroxylation sites is 1. The molecule has 0 spiro atoms. The lowest BCUT2D eigenvalue weighted by atomic mass is 10.0. The number of hydrogen-bond donors (Lipinski definition) is 1. The van der Waals surface area contributed by atoms with Gasteiger partial charge in [0, 0.05) is 37.9 Å². The van der Waals surface area contributed by atoms with Crippen LogP contribution in [0, 0.1) is 0 Å². The summed E-state index contributed by atoms with van der Waals surface area (Å²) in [6.45, 7) is 5.18. The van der Waals surface area contributed by atoms with Crippen molar-refractivity contribution in [2.75, 3.05) is 24.5 Å². The van der Waals surface area contributed by atoms with E-state index in [1.165, 1.54) is 0 Å². The van der Waals surface area contributed by atoms with Crippen LogP contribution in [0.15, 0.2) is 54.6 Å². The molecule has 1 aliphatic rings. The molecule has 0 aromatic heterocycles. The molecule has 1 fully saturated rings. The summed E-state index contributed by atoms with van der Waals surface area (Å²) in [4.78, 5) is 17.4. The fraction of sp³-hybridized carbons (Fsp3) is 0.381. The van der Waals surface area contributed by atoms with Gasteiger partial charge >= 0.3 is 0 Å². The average molecular weight is 337 g/mol. The van der Waals surface area contributed by atoms with E-state index in [0.29, 0.717) is 13.1 Å². The minimum absolute atomic E-state index is 0.0943. The van der Waals surface area contributed by atoms with Gasteiger partial charge in [-0.1, -0.05) is 42.5 Å². The number of anilines is 1. The van der Waals surface area contributed by atoms with Gasteiger partial charge in [0.1, 0.15) is 0 Å². The maximum atomic E-state index is 13.2. The first kappa shape index (κ1) is 17.5. The molecule has 0 saturated carbocycles. The van der Waals surface area contributed by atoms with Gasteiger partial charge in [-0.05, 0) is 37.5 Å². The van der Waals surface area contributed by atoms with Crippen LogP contribution in [0.3, 0.4) is 0 Å². The van der Waals surface area contributed by atoms with Crippen molar-refractivity contribution in [2.45, 2.75) is 32.4 Å². The van der Waals surface area contributed by atoms with Crippen molar-refractivity contribution >= 4 is 11.6 Å². The van der Waals surface area contributed by atoms with E-state index in [1.807, 2.05) is 48.2 Å². The molecule has 0 bridgehead atoms. The Balaban J connectivity index is 1.81. The van der Waals surface area contributed by atoms with Gasteiger partial charge in [-0.25, -0.2) is 0 Å². The fourth-order valence-corrected chi connectivity index (χ4v) is 3.37. The average Bonchev–Trinajstić information content (AvgIpc) is 2.67. The first-order chi connectivity index (χ1) is 12.2. The third-order valence-electron chi connectivity index (χ3n) is 4.90. The molecule has 1 heterocycles. The van der Waals surface area contributed by atoms with E-state index in [1.54, 1.807) is 0 Å². The Morgan fingerprint density at radius 3 is 2.40 bits per heavy atom. The van der Waals surface area contributed by atoms with Gasteiger partial charge in [-0.2, -0.15) is 0 Å². The number of carbonyl (C=O) groups excluding carboxylic acids is 1. The monoisotopic (exact) mass is 337 g/mol. The Hall–Kier alpha value is -2.33. The van der Waals surface area contributed by atoms with Gasteiger partial charge in [-0.3, -0.25) is 4.79 Å². The summed E-state index contributed by atoms with van der Waals surface area (Å²) >= 11 is 0. The van der Waals surface area contributed by atoms with E-state index in [9.17, 15) is 4.79 Å². The molecule has 4 nitrogen and oxygen atoms in total. The number of carbonyl (C=O) groups is 1. The summed E-state index contributed by atoms with van der Waals surface area (Å²) in [6.07, 6.45) is 1.95. The molecule has 2 aromatic carbocycles. The van der Waals surface area contributed by atoms with Gasteiger partial charge in [0.25, 0.3) is 5.91 Å². The number of nitrogens with zero attached hydrogens (tertiary/aromatic N) is 2. The molecule has 0 aliphatic carbocycles. The lowest BCUT2D eigenvalue weighted by Crippen LogP contribution is -2.41. The SMILES string of the molecule is CCN(Cc1ccccc1)C(=O)c1ccccc1N1CCC(N)CC1. The largest absolute Gasteiger partial charge is 0.371 e. The van der Waals surface area contributed by atoms with Gasteiger partial charge in [0.05, 0.1) is 5.56 Å². The molecule has 2 N–H and O–H groups in total. The molecule has 3 rings (SSSR count). The van der Waals surface area contributed by atoms with Crippen LogP contribution in [0.2, 0.25) is 0 Å². The molecule has 4 heteroatoms. The Morgan fingerprint density at radius 1 is 1.08 bits per heavy atom. The van der Waals surface area contributed by atoms with Crippen LogP contribution in [0.25, 0.3) is 0 Å². The fourth-order valence-electron chi connectivity index (χ4n) is 3.37. The lowest BCUT2D eigenvalue weighted by Gasteiger charge is -2.34. The number of nitrogens with two attached hydrogens (primary N) is 1. The zero-order valence-electron chi connectivity index (χ0n) is 14.9. The minimum Gasteiger partial charge on any atom is -0.371 e. The van der Waals surface area contributed by atoms with Crippen LogP contribution in [-0.4, -0.2) is 36.5 Å². The van der Waals surface area contributed by atoms with Crippen molar-refractivity contribution in [3.05, 3.63) is 65.7 Å². The molecule has 2 aromatic rings. The third-order valence-corrected chi connectivity index (χ3v) is 4.90. The van der Waals surface area contributed by atoms with E-state index >= 15 is 0 Å². The maximum Gasteiger partial charge on any atom is 0.256 e. The predicted octanol–water partition coefficient (Wildman–Crippen LogP) is 3.28. The normalized spacial score (nSPS) is 15.2. The highest BCUT2D eigenvalue weighted by Crippen LogP contribution is 2.25. The number of hydrogen-bond acceptors (Lipinski definition) is 3. The zero-order valence-corrected chi connectivity index (χ0v) is 14.9. The summed E-state index contributed by atoms with van der Waals surface area (Å²) in [5, 5.41) is 0. The van der Waals surface area contributed by atoms with E-state index in [4.69, 9.17) is 5.73 Å². The molecule has 1 aliphatic heterocycles. The minimum atomic E-state index is 0.0943. The third kappa shape index (κ3) is 4.20. The second kappa shape index (κ2) is 8.17. The molecule has 1 saturated heterocycles. The first-order valence-electron chi connectivity index (χ1n) is 9.11. The van der Waals surface area contributed by atoms with Crippen LogP contribution < -0.4 is 10.6 Å². The van der Waals surface area contributed by atoms with Gasteiger partial charge in [0.15, 0.2) is 0 Å². The molecular weight excluding hydrogens is 310 g/mol. The lowest BCUT2D eigenvalue weighted by molar-refractivity contribution is 0.0753. The zero-order chi connectivity index (χ0) is 17.6. The molecular formula is C21H27N3O. The smallest absolute Gasteiger partial charge is 0.256 e. The van der Waals surface area contributed by atoms with E-state index in [-0.39, 0.29) is 11.9 Å². The van der Waals surface area contributed by atoms with E-state index in [2.05, 4.69) is 23.1 Å². The van der Waals surface area contributed by atoms with Crippen LogP contribution in [-0.2, 0) is 6.54 Å². The van der Waals surface area contributed by atoms with Crippen molar-refractivity contribution in [3.8, 4) is 0 Å². The van der Waals surface area contributed by atoms with Crippen LogP contribution in [0.1, 0.15) is 35.7 Å². The molecule has 132 valence electrons. The van der Waals surface area contributed by atoms with Crippen molar-refractivity contribution < 1.29 is 4.79 Å². The maximum absolute atomic E-state index is 13.2. The van der Waals surface area contributed by atoms with Crippen molar-refractivity contribution in [2.24, 2.45) is 5.73 Å². The second-order valence-corrected chi connectivity index (χ2v) is 6.65. The van der Waals surface area contributed by atoms with Crippen LogP contribution in [0.4, 0.5) is 5.69 Å². The summed E-state index contributed by atoms with van der Waals surface area (Å²) in [6, 6.07) is 18.4. The summed E-state index contributed by atoms with van der Waals surface area (Å²) in [7, 11) is 0. The number of rotatable bonds is 5. The first-order valence-corrected chi connectivity index (χ1v) is 9.11. The Kier molecular flexibility index (Phi) is 5.71. The van der Waals surface area contributed by atoms with Crippen molar-refractivity contribution in [1.82, 2.24) is 4.90 Å². The Labute approximate surface area is 150 Å². The van der Waals surface area contributed by atoms with Crippen LogP contribution >= 0.6 is 0 Å². The summed E-state index contributed by atoms with van der Waals surface area (Å²) < 4.78 is 0. The van der Waals surface area contributed by atoms with E-state index in [0.717, 1.165) is 42.7 Å². The number of piperidine rings is 1. The standard InChI is InChI=1S/C21H27N3O/c1-2-23(16-17-8-4-3-5-9-17)21(25)19-10-6-7-11-20(19)24-14-12-18(22)13-15-24/h3-11,18H,2,12-16,22H2,1H3. The molecule has 0 atom stereocenters. The van der Waals surface area contributed by atoms with Crippen molar-refractivity contribution in [3.63, 3.8) is 0 Å². The van der Waals surface area contributed by atoms with Crippen LogP contribution in [0.5, 0.6) is 0 Å². The quantitative estimate of drug-likeness (QED) is 0.911. The highest BCUT2D eigenvalue weighted by Gasteiger charge is 2.23. The van der Waals surface area contributed by atoms with Gasteiger partial charge < -0.3 is 15.5 Å². The Morgan fingerprint density at radius 2 is 1.72 bits per heavy atom. The topological polar surface area (TPSA) is 49.6 Å². The summed E-state index contributed by atoms with van der Waals surface area (Å²) in [5.74, 6) is 0.0943.